The van der Waals surface area contributed by atoms with E-state index in [9.17, 15) is 9.59 Å². The molecule has 1 aromatic carbocycles. The van der Waals surface area contributed by atoms with Crippen molar-refractivity contribution in [3.8, 4) is 0 Å². The molecule has 0 unspecified atom stereocenters. The van der Waals surface area contributed by atoms with Gasteiger partial charge in [0.1, 0.15) is 0 Å². The number of nitrogens with one attached hydrogen (secondary N) is 1. The second-order valence-electron chi connectivity index (χ2n) is 7.44. The number of carbonyl (C=O) groups excluding carboxylic acids is 2. The van der Waals surface area contributed by atoms with Gasteiger partial charge < -0.3 is 15.1 Å². The highest BCUT2D eigenvalue weighted by Crippen LogP contribution is 2.17. The van der Waals surface area contributed by atoms with E-state index >= 15 is 0 Å². The van der Waals surface area contributed by atoms with Crippen LogP contribution in [0.15, 0.2) is 24.3 Å². The van der Waals surface area contributed by atoms with Crippen LogP contribution in [-0.2, 0) is 4.79 Å². The van der Waals surface area contributed by atoms with Gasteiger partial charge >= 0.3 is 0 Å². The van der Waals surface area contributed by atoms with E-state index in [-0.39, 0.29) is 11.8 Å². The molecule has 5 heteroatoms. The van der Waals surface area contributed by atoms with Gasteiger partial charge in [-0.1, -0.05) is 31.7 Å². The van der Waals surface area contributed by atoms with Gasteiger partial charge in [-0.15, -0.1) is 0 Å². The predicted molar refractivity (Wildman–Crippen MR) is 104 cm³/mol. The van der Waals surface area contributed by atoms with E-state index in [4.69, 9.17) is 0 Å². The Balaban J connectivity index is 1.56. The molecule has 1 aromatic rings. The van der Waals surface area contributed by atoms with Gasteiger partial charge in [0, 0.05) is 37.4 Å². The summed E-state index contributed by atoms with van der Waals surface area (Å²) in [5.41, 5.74) is 1.55. The van der Waals surface area contributed by atoms with Crippen LogP contribution in [0.1, 0.15) is 61.7 Å². The lowest BCUT2D eigenvalue weighted by atomic mass is 10.1. The number of amides is 2. The molecule has 0 radical (unpaired) electrons. The van der Waals surface area contributed by atoms with Crippen molar-refractivity contribution in [1.29, 1.82) is 0 Å². The number of anilines is 1. The largest absolute Gasteiger partial charge is 0.376 e. The topological polar surface area (TPSA) is 52.7 Å². The number of nitrogens with zero attached hydrogens (tertiary/aromatic N) is 2. The minimum atomic E-state index is 0.106. The molecular formula is C21H31N3O2. The lowest BCUT2D eigenvalue weighted by Crippen LogP contribution is -2.36. The van der Waals surface area contributed by atoms with Crippen LogP contribution in [0.25, 0.3) is 0 Å². The Kier molecular flexibility index (Phi) is 6.92. The molecule has 2 amide bonds. The Bertz CT molecular complexity index is 601. The summed E-state index contributed by atoms with van der Waals surface area (Å²) in [4.78, 5) is 29.1. The fourth-order valence-corrected chi connectivity index (χ4v) is 3.83. The van der Waals surface area contributed by atoms with Crippen molar-refractivity contribution >= 4 is 17.5 Å². The number of likely N-dealkylation sites (tertiary alicyclic amines) is 2. The van der Waals surface area contributed by atoms with Gasteiger partial charge in [-0.05, 0) is 43.9 Å². The maximum atomic E-state index is 12.8. The quantitative estimate of drug-likeness (QED) is 0.897. The Morgan fingerprint density at radius 3 is 2.00 bits per heavy atom. The van der Waals surface area contributed by atoms with Crippen LogP contribution in [0, 0.1) is 0 Å². The monoisotopic (exact) mass is 357 g/mol. The molecule has 3 rings (SSSR count). The van der Waals surface area contributed by atoms with E-state index < -0.39 is 0 Å². The zero-order chi connectivity index (χ0) is 18.2. The second kappa shape index (κ2) is 9.60. The molecular weight excluding hydrogens is 326 g/mol. The Morgan fingerprint density at radius 2 is 1.38 bits per heavy atom. The number of rotatable bonds is 4. The average molecular weight is 357 g/mol. The molecule has 0 saturated carbocycles. The lowest BCUT2D eigenvalue weighted by molar-refractivity contribution is -0.129. The van der Waals surface area contributed by atoms with Crippen molar-refractivity contribution in [2.75, 3.05) is 38.0 Å². The van der Waals surface area contributed by atoms with Crippen LogP contribution in [0.4, 0.5) is 5.69 Å². The Morgan fingerprint density at radius 1 is 0.808 bits per heavy atom. The van der Waals surface area contributed by atoms with Crippen LogP contribution in [0.2, 0.25) is 0 Å². The van der Waals surface area contributed by atoms with Crippen LogP contribution in [0.3, 0.4) is 0 Å². The van der Waals surface area contributed by atoms with Gasteiger partial charge in [0.05, 0.1) is 6.54 Å². The second-order valence-corrected chi connectivity index (χ2v) is 7.44. The summed E-state index contributed by atoms with van der Waals surface area (Å²) < 4.78 is 0. The highest BCUT2D eigenvalue weighted by molar-refractivity contribution is 5.95. The molecule has 2 heterocycles. The Hall–Kier alpha value is -2.04. The summed E-state index contributed by atoms with van der Waals surface area (Å²) in [6.45, 7) is 3.73. The maximum absolute atomic E-state index is 12.8. The third kappa shape index (κ3) is 5.23. The van der Waals surface area contributed by atoms with E-state index in [1.54, 1.807) is 0 Å². The molecule has 2 saturated heterocycles. The van der Waals surface area contributed by atoms with Crippen molar-refractivity contribution in [3.05, 3.63) is 29.8 Å². The van der Waals surface area contributed by atoms with E-state index in [1.807, 2.05) is 34.1 Å². The fraction of sp³-hybridized carbons (Fsp3) is 0.619. The van der Waals surface area contributed by atoms with E-state index in [2.05, 4.69) is 5.32 Å². The van der Waals surface area contributed by atoms with Gasteiger partial charge in [-0.3, -0.25) is 9.59 Å². The van der Waals surface area contributed by atoms with Crippen LogP contribution in [0.5, 0.6) is 0 Å². The minimum Gasteiger partial charge on any atom is -0.376 e. The molecule has 26 heavy (non-hydrogen) atoms. The van der Waals surface area contributed by atoms with Crippen molar-refractivity contribution in [2.24, 2.45) is 0 Å². The first kappa shape index (κ1) is 18.7. The third-order valence-corrected chi connectivity index (χ3v) is 5.41. The van der Waals surface area contributed by atoms with Gasteiger partial charge in [-0.2, -0.15) is 0 Å². The van der Waals surface area contributed by atoms with Crippen LogP contribution in [-0.4, -0.2) is 54.3 Å². The molecule has 5 nitrogen and oxygen atoms in total. The summed E-state index contributed by atoms with van der Waals surface area (Å²) in [6.07, 6.45) is 9.25. The summed E-state index contributed by atoms with van der Waals surface area (Å²) >= 11 is 0. The van der Waals surface area contributed by atoms with Gasteiger partial charge in [-0.25, -0.2) is 0 Å². The molecule has 2 aliphatic rings. The number of benzene rings is 1. The van der Waals surface area contributed by atoms with Gasteiger partial charge in [0.15, 0.2) is 0 Å². The summed E-state index contributed by atoms with van der Waals surface area (Å²) in [6, 6.07) is 7.57. The third-order valence-electron chi connectivity index (χ3n) is 5.41. The zero-order valence-electron chi connectivity index (χ0n) is 15.7. The molecule has 1 N–H and O–H groups in total. The van der Waals surface area contributed by atoms with Crippen molar-refractivity contribution in [1.82, 2.24) is 9.80 Å². The first-order valence-corrected chi connectivity index (χ1v) is 10.1. The predicted octanol–water partition coefficient (Wildman–Crippen LogP) is 3.52. The Labute approximate surface area is 156 Å². The molecule has 0 atom stereocenters. The number of carbonyl (C=O) groups is 2. The smallest absolute Gasteiger partial charge is 0.253 e. The molecule has 2 fully saturated rings. The van der Waals surface area contributed by atoms with E-state index in [0.717, 1.165) is 57.5 Å². The summed E-state index contributed by atoms with van der Waals surface area (Å²) in [5, 5.41) is 3.21. The zero-order valence-corrected chi connectivity index (χ0v) is 15.7. The molecule has 0 aromatic heterocycles. The SMILES string of the molecule is O=C(CNc1cccc(C(=O)N2CCCCCC2)c1)N1CCCCCC1. The van der Waals surface area contributed by atoms with Crippen LogP contribution < -0.4 is 5.32 Å². The fourth-order valence-electron chi connectivity index (χ4n) is 3.83. The number of hydrogen-bond acceptors (Lipinski definition) is 3. The number of hydrogen-bond donors (Lipinski definition) is 1. The normalized spacial score (nSPS) is 18.8. The van der Waals surface area contributed by atoms with Crippen LogP contribution >= 0.6 is 0 Å². The van der Waals surface area contributed by atoms with Crippen molar-refractivity contribution in [3.63, 3.8) is 0 Å². The average Bonchev–Trinajstić information content (AvgIpc) is 3.11. The van der Waals surface area contributed by atoms with Gasteiger partial charge in [0.2, 0.25) is 5.91 Å². The highest BCUT2D eigenvalue weighted by Gasteiger charge is 2.18. The van der Waals surface area contributed by atoms with Crippen molar-refractivity contribution in [2.45, 2.75) is 51.4 Å². The van der Waals surface area contributed by atoms with Gasteiger partial charge in [0.25, 0.3) is 5.91 Å². The molecule has 0 spiro atoms. The minimum absolute atomic E-state index is 0.106. The molecule has 0 bridgehead atoms. The summed E-state index contributed by atoms with van der Waals surface area (Å²) in [7, 11) is 0. The maximum Gasteiger partial charge on any atom is 0.253 e. The summed E-state index contributed by atoms with van der Waals surface area (Å²) in [5.74, 6) is 0.255. The first-order valence-electron chi connectivity index (χ1n) is 10.1. The van der Waals surface area contributed by atoms with E-state index in [0.29, 0.717) is 12.1 Å². The first-order chi connectivity index (χ1) is 12.7. The lowest BCUT2D eigenvalue weighted by Gasteiger charge is -2.22. The molecule has 142 valence electrons. The molecule has 0 aliphatic carbocycles. The van der Waals surface area contributed by atoms with E-state index in [1.165, 1.54) is 25.7 Å². The highest BCUT2D eigenvalue weighted by atomic mass is 16.2. The van der Waals surface area contributed by atoms with Crippen molar-refractivity contribution < 1.29 is 9.59 Å². The standard InChI is InChI=1S/C21H31N3O2/c25-20(23-12-5-1-2-6-13-23)17-22-19-11-9-10-18(16-19)21(26)24-14-7-3-4-8-15-24/h9-11,16,22H,1-8,12-15,17H2. The molecule has 2 aliphatic heterocycles.